The van der Waals surface area contributed by atoms with Crippen molar-refractivity contribution in [1.29, 1.82) is 0 Å². The van der Waals surface area contributed by atoms with E-state index in [0.717, 1.165) is 19.3 Å². The van der Waals surface area contributed by atoms with Crippen LogP contribution in [0.4, 0.5) is 0 Å². The number of carboxylic acids is 1. The molecule has 112 valence electrons. The molecule has 4 nitrogen and oxygen atoms in total. The number of aryl methyl sites for hydroxylation is 1. The highest BCUT2D eigenvalue weighted by Crippen LogP contribution is 2.34. The maximum atomic E-state index is 12.4. The van der Waals surface area contributed by atoms with Crippen molar-refractivity contribution in [2.45, 2.75) is 38.0 Å². The number of rotatable bonds is 3. The minimum absolute atomic E-state index is 0.112. The van der Waals surface area contributed by atoms with Gasteiger partial charge in [0.25, 0.3) is 0 Å². The Morgan fingerprint density at radius 1 is 1.24 bits per heavy atom. The topological polar surface area (TPSA) is 57.6 Å². The van der Waals surface area contributed by atoms with Crippen molar-refractivity contribution in [3.05, 3.63) is 35.4 Å². The van der Waals surface area contributed by atoms with E-state index in [2.05, 4.69) is 18.2 Å². The molecule has 1 amide bonds. The molecule has 2 aliphatic rings. The zero-order chi connectivity index (χ0) is 14.8. The lowest BCUT2D eigenvalue weighted by atomic mass is 9.81. The van der Waals surface area contributed by atoms with Gasteiger partial charge in [-0.05, 0) is 42.7 Å². The lowest BCUT2D eigenvalue weighted by Gasteiger charge is -2.27. The quantitative estimate of drug-likeness (QED) is 0.929. The molecule has 1 heterocycles. The van der Waals surface area contributed by atoms with Crippen LogP contribution in [0.1, 0.15) is 42.7 Å². The van der Waals surface area contributed by atoms with E-state index in [1.54, 1.807) is 4.90 Å². The van der Waals surface area contributed by atoms with Gasteiger partial charge in [0, 0.05) is 19.5 Å². The lowest BCUT2D eigenvalue weighted by molar-refractivity contribution is -0.141. The fourth-order valence-corrected chi connectivity index (χ4v) is 3.59. The molecule has 1 fully saturated rings. The third kappa shape index (κ3) is 2.94. The van der Waals surface area contributed by atoms with Gasteiger partial charge in [0.05, 0.1) is 5.92 Å². The van der Waals surface area contributed by atoms with Crippen LogP contribution in [0.15, 0.2) is 24.3 Å². The van der Waals surface area contributed by atoms with E-state index in [0.29, 0.717) is 31.8 Å². The van der Waals surface area contributed by atoms with Crippen molar-refractivity contribution in [2.24, 2.45) is 5.92 Å². The summed E-state index contributed by atoms with van der Waals surface area (Å²) in [6.07, 6.45) is 4.39. The summed E-state index contributed by atoms with van der Waals surface area (Å²) in [4.78, 5) is 25.1. The smallest absolute Gasteiger partial charge is 0.308 e. The summed E-state index contributed by atoms with van der Waals surface area (Å²) in [5, 5.41) is 9.03. The number of nitrogens with zero attached hydrogens (tertiary/aromatic N) is 1. The number of hydrogen-bond donors (Lipinski definition) is 1. The first kappa shape index (κ1) is 14.1. The number of carbonyl (C=O) groups is 2. The Morgan fingerprint density at radius 3 is 2.81 bits per heavy atom. The van der Waals surface area contributed by atoms with Gasteiger partial charge in [-0.25, -0.2) is 0 Å². The Labute approximate surface area is 124 Å². The molecule has 1 aromatic rings. The van der Waals surface area contributed by atoms with Crippen LogP contribution in [0, 0.1) is 5.92 Å². The second-order valence-corrected chi connectivity index (χ2v) is 6.16. The molecule has 1 N–H and O–H groups in total. The summed E-state index contributed by atoms with van der Waals surface area (Å²) < 4.78 is 0. The first-order chi connectivity index (χ1) is 10.1. The van der Waals surface area contributed by atoms with E-state index >= 15 is 0 Å². The van der Waals surface area contributed by atoms with Crippen molar-refractivity contribution < 1.29 is 14.7 Å². The van der Waals surface area contributed by atoms with Crippen LogP contribution < -0.4 is 0 Å². The SMILES string of the molecule is O=C(O)[C@H]1CCN(C(=O)C[C@H]2CCCc3ccccc32)C1. The molecule has 0 unspecified atom stereocenters. The number of benzene rings is 1. The molecular weight excluding hydrogens is 266 g/mol. The van der Waals surface area contributed by atoms with Gasteiger partial charge in [-0.1, -0.05) is 24.3 Å². The fourth-order valence-electron chi connectivity index (χ4n) is 3.59. The van der Waals surface area contributed by atoms with Crippen molar-refractivity contribution in [3.8, 4) is 0 Å². The van der Waals surface area contributed by atoms with Crippen molar-refractivity contribution >= 4 is 11.9 Å². The van der Waals surface area contributed by atoms with E-state index in [1.807, 2.05) is 6.07 Å². The minimum Gasteiger partial charge on any atom is -0.481 e. The van der Waals surface area contributed by atoms with Crippen LogP contribution in [0.5, 0.6) is 0 Å². The number of amides is 1. The first-order valence-electron chi connectivity index (χ1n) is 7.73. The molecule has 1 aliphatic heterocycles. The number of likely N-dealkylation sites (tertiary alicyclic amines) is 1. The summed E-state index contributed by atoms with van der Waals surface area (Å²) in [7, 11) is 0. The average molecular weight is 287 g/mol. The Hall–Kier alpha value is -1.84. The molecule has 0 spiro atoms. The Kier molecular flexibility index (Phi) is 3.95. The summed E-state index contributed by atoms with van der Waals surface area (Å²) in [6, 6.07) is 8.39. The monoisotopic (exact) mass is 287 g/mol. The molecule has 1 saturated heterocycles. The van der Waals surface area contributed by atoms with E-state index in [4.69, 9.17) is 5.11 Å². The molecule has 3 rings (SSSR count). The van der Waals surface area contributed by atoms with Crippen LogP contribution in [-0.2, 0) is 16.0 Å². The number of fused-ring (bicyclic) bond motifs is 1. The van der Waals surface area contributed by atoms with Gasteiger partial charge in [0.1, 0.15) is 0 Å². The van der Waals surface area contributed by atoms with E-state index in [1.165, 1.54) is 11.1 Å². The molecule has 0 bridgehead atoms. The predicted octanol–water partition coefficient (Wildman–Crippen LogP) is 2.43. The Bertz CT molecular complexity index is 555. The molecule has 0 radical (unpaired) electrons. The predicted molar refractivity (Wildman–Crippen MR) is 79.1 cm³/mol. The second-order valence-electron chi connectivity index (χ2n) is 6.16. The Balaban J connectivity index is 1.65. The summed E-state index contributed by atoms with van der Waals surface area (Å²) in [5.41, 5.74) is 2.68. The highest BCUT2D eigenvalue weighted by Gasteiger charge is 2.32. The van der Waals surface area contributed by atoms with E-state index in [-0.39, 0.29) is 11.8 Å². The molecular formula is C17H21NO3. The largest absolute Gasteiger partial charge is 0.481 e. The third-order valence-corrected chi connectivity index (χ3v) is 4.80. The zero-order valence-corrected chi connectivity index (χ0v) is 12.1. The van der Waals surface area contributed by atoms with Gasteiger partial charge in [-0.15, -0.1) is 0 Å². The summed E-state index contributed by atoms with van der Waals surface area (Å²) in [5.74, 6) is -0.757. The van der Waals surface area contributed by atoms with Gasteiger partial charge in [-0.2, -0.15) is 0 Å². The highest BCUT2D eigenvalue weighted by atomic mass is 16.4. The number of hydrogen-bond acceptors (Lipinski definition) is 2. The van der Waals surface area contributed by atoms with Crippen LogP contribution in [0.2, 0.25) is 0 Å². The van der Waals surface area contributed by atoms with Crippen LogP contribution >= 0.6 is 0 Å². The molecule has 1 aromatic carbocycles. The minimum atomic E-state index is -0.784. The molecule has 21 heavy (non-hydrogen) atoms. The molecule has 1 aliphatic carbocycles. The number of aliphatic carboxylic acids is 1. The lowest BCUT2D eigenvalue weighted by Crippen LogP contribution is -2.31. The zero-order valence-electron chi connectivity index (χ0n) is 12.1. The van der Waals surface area contributed by atoms with Crippen LogP contribution in [0.25, 0.3) is 0 Å². The second kappa shape index (κ2) is 5.88. The first-order valence-corrected chi connectivity index (χ1v) is 7.73. The molecule has 4 heteroatoms. The van der Waals surface area contributed by atoms with E-state index < -0.39 is 5.97 Å². The van der Waals surface area contributed by atoms with Crippen LogP contribution in [-0.4, -0.2) is 35.0 Å². The number of carbonyl (C=O) groups excluding carboxylic acids is 1. The maximum absolute atomic E-state index is 12.4. The number of carboxylic acid groups (broad SMARTS) is 1. The highest BCUT2D eigenvalue weighted by molar-refractivity contribution is 5.79. The van der Waals surface area contributed by atoms with Gasteiger partial charge in [-0.3, -0.25) is 9.59 Å². The molecule has 0 aromatic heterocycles. The van der Waals surface area contributed by atoms with Gasteiger partial charge in [0.15, 0.2) is 0 Å². The average Bonchev–Trinajstić information content (AvgIpc) is 2.98. The fraction of sp³-hybridized carbons (Fsp3) is 0.529. The normalized spacial score (nSPS) is 24.7. The van der Waals surface area contributed by atoms with Crippen molar-refractivity contribution in [2.75, 3.05) is 13.1 Å². The maximum Gasteiger partial charge on any atom is 0.308 e. The van der Waals surface area contributed by atoms with Crippen molar-refractivity contribution in [3.63, 3.8) is 0 Å². The van der Waals surface area contributed by atoms with Crippen molar-refractivity contribution in [1.82, 2.24) is 4.90 Å². The summed E-state index contributed by atoms with van der Waals surface area (Å²) in [6.45, 7) is 0.965. The van der Waals surface area contributed by atoms with Crippen LogP contribution in [0.3, 0.4) is 0 Å². The summed E-state index contributed by atoms with van der Waals surface area (Å²) >= 11 is 0. The van der Waals surface area contributed by atoms with Gasteiger partial charge >= 0.3 is 5.97 Å². The van der Waals surface area contributed by atoms with Gasteiger partial charge < -0.3 is 10.0 Å². The van der Waals surface area contributed by atoms with Gasteiger partial charge in [0.2, 0.25) is 5.91 Å². The molecule has 2 atom stereocenters. The molecule has 0 saturated carbocycles. The standard InChI is InChI=1S/C17H21NO3/c19-16(18-9-8-14(11-18)17(20)21)10-13-6-3-5-12-4-1-2-7-15(12)13/h1-2,4,7,13-14H,3,5-6,8-11H2,(H,20,21)/t13-,14+/m1/s1. The third-order valence-electron chi connectivity index (χ3n) is 4.80. The van der Waals surface area contributed by atoms with E-state index in [9.17, 15) is 9.59 Å². The Morgan fingerprint density at radius 2 is 2.05 bits per heavy atom.